The average molecular weight is 405 g/mol. The highest BCUT2D eigenvalue weighted by Gasteiger charge is 2.14. The van der Waals surface area contributed by atoms with Gasteiger partial charge < -0.3 is 9.73 Å². The molecule has 0 saturated heterocycles. The lowest BCUT2D eigenvalue weighted by molar-refractivity contribution is 0.102. The molecule has 0 fully saturated rings. The summed E-state index contributed by atoms with van der Waals surface area (Å²) in [4.78, 5) is 24.9. The Bertz CT molecular complexity index is 1320. The van der Waals surface area contributed by atoms with Gasteiger partial charge in [0.05, 0.1) is 5.39 Å². The minimum absolute atomic E-state index is 0.158. The van der Waals surface area contributed by atoms with Gasteiger partial charge in [-0.3, -0.25) is 9.59 Å². The molecule has 0 bridgehead atoms. The van der Waals surface area contributed by atoms with E-state index < -0.39 is 23.2 Å². The number of halogens is 2. The van der Waals surface area contributed by atoms with Crippen molar-refractivity contribution >= 4 is 22.6 Å². The predicted octanol–water partition coefficient (Wildman–Crippen LogP) is 5.61. The van der Waals surface area contributed by atoms with E-state index in [2.05, 4.69) is 5.32 Å². The highest BCUT2D eigenvalue weighted by Crippen LogP contribution is 2.26. The summed E-state index contributed by atoms with van der Waals surface area (Å²) >= 11 is 0. The molecule has 4 nitrogen and oxygen atoms in total. The molecule has 1 aromatic heterocycles. The molecule has 1 heterocycles. The second kappa shape index (κ2) is 7.55. The minimum Gasteiger partial charge on any atom is -0.456 e. The van der Waals surface area contributed by atoms with Gasteiger partial charge in [-0.1, -0.05) is 24.3 Å². The van der Waals surface area contributed by atoms with Crippen molar-refractivity contribution in [3.63, 3.8) is 0 Å². The van der Waals surface area contributed by atoms with Gasteiger partial charge in [0.2, 0.25) is 0 Å². The number of hydrogen-bond acceptors (Lipinski definition) is 3. The van der Waals surface area contributed by atoms with E-state index in [1.54, 1.807) is 18.2 Å². The van der Waals surface area contributed by atoms with Crippen molar-refractivity contribution in [1.29, 1.82) is 0 Å². The van der Waals surface area contributed by atoms with Crippen LogP contribution in [-0.2, 0) is 0 Å². The summed E-state index contributed by atoms with van der Waals surface area (Å²) in [6, 6.07) is 14.7. The summed E-state index contributed by atoms with van der Waals surface area (Å²) in [6.07, 6.45) is 0. The van der Waals surface area contributed by atoms with Crippen LogP contribution in [0.3, 0.4) is 0 Å². The third-order valence-electron chi connectivity index (χ3n) is 4.79. The van der Waals surface area contributed by atoms with Gasteiger partial charge in [0.25, 0.3) is 5.91 Å². The highest BCUT2D eigenvalue weighted by molar-refractivity contribution is 6.04. The maximum Gasteiger partial charge on any atom is 0.255 e. The van der Waals surface area contributed by atoms with Gasteiger partial charge in [-0.2, -0.15) is 0 Å². The molecule has 1 amide bonds. The Morgan fingerprint density at radius 1 is 0.933 bits per heavy atom. The zero-order valence-corrected chi connectivity index (χ0v) is 16.3. The molecule has 30 heavy (non-hydrogen) atoms. The van der Waals surface area contributed by atoms with E-state index in [0.717, 1.165) is 23.3 Å². The van der Waals surface area contributed by atoms with Crippen LogP contribution >= 0.6 is 0 Å². The number of anilines is 1. The van der Waals surface area contributed by atoms with Gasteiger partial charge in [0, 0.05) is 17.2 Å². The highest BCUT2D eigenvalue weighted by atomic mass is 19.1. The number of amides is 1. The summed E-state index contributed by atoms with van der Waals surface area (Å²) < 4.78 is 33.4. The number of hydrogen-bond donors (Lipinski definition) is 1. The van der Waals surface area contributed by atoms with Gasteiger partial charge in [-0.25, -0.2) is 8.78 Å². The lowest BCUT2D eigenvalue weighted by atomic mass is 10.1. The normalized spacial score (nSPS) is 10.9. The number of benzene rings is 3. The van der Waals surface area contributed by atoms with E-state index in [4.69, 9.17) is 4.42 Å². The number of fused-ring (bicyclic) bond motifs is 1. The Morgan fingerprint density at radius 3 is 2.27 bits per heavy atom. The number of rotatable bonds is 3. The largest absolute Gasteiger partial charge is 0.456 e. The number of para-hydroxylation sites is 1. The standard InChI is InChI=1S/C24H17F2NO3/c1-13-10-14(2)23-17(11-13)20(28)12-21(30-23)15-6-8-16(9-7-15)24(29)27-22-18(25)4-3-5-19(22)26/h3-12H,1-2H3,(H,27,29). The molecule has 0 aliphatic carbocycles. The first-order valence-electron chi connectivity index (χ1n) is 9.24. The van der Waals surface area contributed by atoms with E-state index in [-0.39, 0.29) is 11.0 Å². The fourth-order valence-corrected chi connectivity index (χ4v) is 3.34. The molecule has 0 atom stereocenters. The molecule has 3 aromatic carbocycles. The third kappa shape index (κ3) is 3.59. The van der Waals surface area contributed by atoms with Crippen LogP contribution in [0.4, 0.5) is 14.5 Å². The molecule has 0 unspecified atom stereocenters. The first-order valence-corrected chi connectivity index (χ1v) is 9.24. The second-order valence-electron chi connectivity index (χ2n) is 7.06. The van der Waals surface area contributed by atoms with Crippen LogP contribution in [0, 0.1) is 25.5 Å². The van der Waals surface area contributed by atoms with E-state index >= 15 is 0 Å². The molecule has 150 valence electrons. The Kier molecular flexibility index (Phi) is 4.91. The van der Waals surface area contributed by atoms with Gasteiger partial charge in [0.15, 0.2) is 5.43 Å². The van der Waals surface area contributed by atoms with Crippen LogP contribution in [0.25, 0.3) is 22.3 Å². The molecular weight excluding hydrogens is 388 g/mol. The smallest absolute Gasteiger partial charge is 0.255 e. The maximum atomic E-state index is 13.7. The van der Waals surface area contributed by atoms with Crippen molar-refractivity contribution < 1.29 is 18.0 Å². The van der Waals surface area contributed by atoms with Crippen LogP contribution in [0.2, 0.25) is 0 Å². The first kappa shape index (κ1) is 19.5. The van der Waals surface area contributed by atoms with E-state index in [0.29, 0.717) is 22.3 Å². The first-order chi connectivity index (χ1) is 14.3. The molecule has 0 spiro atoms. The lowest BCUT2D eigenvalue weighted by Crippen LogP contribution is -2.14. The lowest BCUT2D eigenvalue weighted by Gasteiger charge is -2.09. The molecule has 4 aromatic rings. The Labute approximate surface area is 170 Å². The van der Waals surface area contributed by atoms with E-state index in [1.165, 1.54) is 24.3 Å². The monoisotopic (exact) mass is 405 g/mol. The van der Waals surface area contributed by atoms with E-state index in [9.17, 15) is 18.4 Å². The summed E-state index contributed by atoms with van der Waals surface area (Å²) in [5, 5.41) is 2.75. The van der Waals surface area contributed by atoms with Crippen molar-refractivity contribution in [2.75, 3.05) is 5.32 Å². The van der Waals surface area contributed by atoms with Crippen molar-refractivity contribution in [1.82, 2.24) is 0 Å². The molecular formula is C24H17F2NO3. The zero-order chi connectivity index (χ0) is 21.4. The molecule has 0 radical (unpaired) electrons. The Hall–Kier alpha value is -3.80. The van der Waals surface area contributed by atoms with Crippen LogP contribution in [-0.4, -0.2) is 5.91 Å². The number of carbonyl (C=O) groups is 1. The number of aryl methyl sites for hydroxylation is 2. The van der Waals surface area contributed by atoms with Gasteiger partial charge >= 0.3 is 0 Å². The van der Waals surface area contributed by atoms with E-state index in [1.807, 2.05) is 19.9 Å². The predicted molar refractivity (Wildman–Crippen MR) is 112 cm³/mol. The third-order valence-corrected chi connectivity index (χ3v) is 4.79. The maximum absolute atomic E-state index is 13.7. The average Bonchev–Trinajstić information content (AvgIpc) is 2.71. The quantitative estimate of drug-likeness (QED) is 0.482. The number of carbonyl (C=O) groups excluding carboxylic acids is 1. The molecule has 0 aliphatic heterocycles. The number of nitrogens with one attached hydrogen (secondary N) is 1. The minimum atomic E-state index is -0.858. The van der Waals surface area contributed by atoms with Crippen LogP contribution in [0.5, 0.6) is 0 Å². The van der Waals surface area contributed by atoms with Crippen molar-refractivity contribution in [3.8, 4) is 11.3 Å². The zero-order valence-electron chi connectivity index (χ0n) is 16.3. The SMILES string of the molecule is Cc1cc(C)c2oc(-c3ccc(C(=O)Nc4c(F)cccc4F)cc3)cc(=O)c2c1. The van der Waals surface area contributed by atoms with Gasteiger partial charge in [-0.05, 0) is 55.3 Å². The van der Waals surface area contributed by atoms with Crippen molar-refractivity contribution in [3.05, 3.63) is 99.2 Å². The topological polar surface area (TPSA) is 59.3 Å². The summed E-state index contributed by atoms with van der Waals surface area (Å²) in [7, 11) is 0. The van der Waals surface area contributed by atoms with Crippen molar-refractivity contribution in [2.45, 2.75) is 13.8 Å². The van der Waals surface area contributed by atoms with Crippen LogP contribution in [0.1, 0.15) is 21.5 Å². The summed E-state index contributed by atoms with van der Waals surface area (Å²) in [5.74, 6) is -2.00. The summed E-state index contributed by atoms with van der Waals surface area (Å²) in [5.41, 5.74) is 2.49. The molecule has 4 rings (SSSR count). The molecule has 0 aliphatic rings. The summed E-state index contributed by atoms with van der Waals surface area (Å²) in [6.45, 7) is 3.79. The van der Waals surface area contributed by atoms with Crippen LogP contribution in [0.15, 0.2) is 69.9 Å². The fraction of sp³-hybridized carbons (Fsp3) is 0.0833. The Morgan fingerprint density at radius 2 is 1.60 bits per heavy atom. The van der Waals surface area contributed by atoms with Gasteiger partial charge in [-0.15, -0.1) is 0 Å². The molecule has 0 saturated carbocycles. The fourth-order valence-electron chi connectivity index (χ4n) is 3.34. The van der Waals surface area contributed by atoms with Crippen molar-refractivity contribution in [2.24, 2.45) is 0 Å². The van der Waals surface area contributed by atoms with Gasteiger partial charge in [0.1, 0.15) is 28.7 Å². The second-order valence-corrected chi connectivity index (χ2v) is 7.06. The molecule has 6 heteroatoms. The van der Waals surface area contributed by atoms with Crippen LogP contribution < -0.4 is 10.7 Å². The molecule has 1 N–H and O–H groups in total. The Balaban J connectivity index is 1.65.